The van der Waals surface area contributed by atoms with E-state index in [1.807, 2.05) is 5.57 Å². The molecule has 142 valence electrons. The maximum absolute atomic E-state index is 5.98. The lowest BCUT2D eigenvalue weighted by Crippen LogP contribution is -2.49. The molecule has 0 heterocycles. The summed E-state index contributed by atoms with van der Waals surface area (Å²) in [6, 6.07) is 0. The molecule has 5 rings (SSSR count). The van der Waals surface area contributed by atoms with E-state index in [4.69, 9.17) is 4.74 Å². The second-order valence-corrected chi connectivity index (χ2v) is 10.3. The second kappa shape index (κ2) is 5.76. The lowest BCUT2D eigenvalue weighted by molar-refractivity contribution is -0.0159. The Labute approximate surface area is 160 Å². The zero-order chi connectivity index (χ0) is 18.1. The summed E-state index contributed by atoms with van der Waals surface area (Å²) in [7, 11) is 0. The number of hydrogen-bond acceptors (Lipinski definition) is 1. The summed E-state index contributed by atoms with van der Waals surface area (Å²) in [6.45, 7) is 10.6. The van der Waals surface area contributed by atoms with Crippen molar-refractivity contribution in [2.45, 2.75) is 79.1 Å². The van der Waals surface area contributed by atoms with E-state index in [0.29, 0.717) is 10.8 Å². The first kappa shape index (κ1) is 17.1. The van der Waals surface area contributed by atoms with Gasteiger partial charge in [-0.3, -0.25) is 0 Å². The summed E-state index contributed by atoms with van der Waals surface area (Å²) in [6.07, 6.45) is 16.0. The highest BCUT2D eigenvalue weighted by Crippen LogP contribution is 2.67. The third-order valence-electron chi connectivity index (χ3n) is 9.24. The Morgan fingerprint density at radius 3 is 2.62 bits per heavy atom. The minimum Gasteiger partial charge on any atom is -0.498 e. The minimum atomic E-state index is 0.402. The molecule has 0 spiro atoms. The van der Waals surface area contributed by atoms with Crippen LogP contribution in [0.15, 0.2) is 34.6 Å². The average molecular weight is 353 g/mol. The van der Waals surface area contributed by atoms with E-state index < -0.39 is 0 Å². The number of ether oxygens (including phenoxy) is 1. The van der Waals surface area contributed by atoms with Crippen molar-refractivity contribution >= 4 is 0 Å². The van der Waals surface area contributed by atoms with Crippen LogP contribution in [0.1, 0.15) is 79.1 Å². The number of hydrogen-bond donors (Lipinski definition) is 0. The molecule has 0 aromatic carbocycles. The SMILES string of the molecule is CCOC1=CC2=C(C3CC3)CC3C4CC=C(C)C4(C)CCC3C2(C)CC1. The maximum atomic E-state index is 5.98. The summed E-state index contributed by atoms with van der Waals surface area (Å²) in [5.74, 6) is 4.85. The fraction of sp³-hybridized carbons (Fsp3) is 0.760. The molecule has 0 N–H and O–H groups in total. The van der Waals surface area contributed by atoms with Crippen LogP contribution in [0.2, 0.25) is 0 Å². The normalized spacial score (nSPS) is 44.7. The van der Waals surface area contributed by atoms with E-state index in [1.165, 1.54) is 50.7 Å². The molecule has 26 heavy (non-hydrogen) atoms. The van der Waals surface area contributed by atoms with Crippen molar-refractivity contribution in [1.29, 1.82) is 0 Å². The molecule has 0 aromatic rings. The lowest BCUT2D eigenvalue weighted by Gasteiger charge is -2.58. The van der Waals surface area contributed by atoms with Crippen molar-refractivity contribution in [3.8, 4) is 0 Å². The van der Waals surface area contributed by atoms with Gasteiger partial charge in [0.15, 0.2) is 0 Å². The molecular weight excluding hydrogens is 316 g/mol. The van der Waals surface area contributed by atoms with Crippen LogP contribution in [0.5, 0.6) is 0 Å². The van der Waals surface area contributed by atoms with Crippen molar-refractivity contribution in [2.24, 2.45) is 34.5 Å². The predicted molar refractivity (Wildman–Crippen MR) is 108 cm³/mol. The summed E-state index contributed by atoms with van der Waals surface area (Å²) >= 11 is 0. The largest absolute Gasteiger partial charge is 0.498 e. The van der Waals surface area contributed by atoms with Gasteiger partial charge in [-0.1, -0.05) is 31.1 Å². The van der Waals surface area contributed by atoms with Gasteiger partial charge < -0.3 is 4.74 Å². The lowest BCUT2D eigenvalue weighted by atomic mass is 9.47. The molecule has 1 nitrogen and oxygen atoms in total. The molecule has 0 bridgehead atoms. The summed E-state index contributed by atoms with van der Waals surface area (Å²) < 4.78 is 5.98. The molecule has 2 saturated carbocycles. The Morgan fingerprint density at radius 1 is 1.08 bits per heavy atom. The fourth-order valence-electron chi connectivity index (χ4n) is 7.39. The highest BCUT2D eigenvalue weighted by Gasteiger charge is 2.57. The average Bonchev–Trinajstić information content (AvgIpc) is 3.41. The molecule has 5 aliphatic rings. The second-order valence-electron chi connectivity index (χ2n) is 10.3. The number of rotatable bonds is 3. The van der Waals surface area contributed by atoms with Crippen molar-refractivity contribution in [2.75, 3.05) is 6.61 Å². The van der Waals surface area contributed by atoms with Crippen LogP contribution in [0.4, 0.5) is 0 Å². The van der Waals surface area contributed by atoms with E-state index in [9.17, 15) is 0 Å². The van der Waals surface area contributed by atoms with Crippen LogP contribution in [-0.4, -0.2) is 6.61 Å². The summed E-state index contributed by atoms with van der Waals surface area (Å²) in [4.78, 5) is 0. The van der Waals surface area contributed by atoms with Crippen molar-refractivity contribution < 1.29 is 4.74 Å². The molecular formula is C25H36O. The first-order valence-corrected chi connectivity index (χ1v) is 11.2. The predicted octanol–water partition coefficient (Wildman–Crippen LogP) is 6.82. The van der Waals surface area contributed by atoms with Gasteiger partial charge in [-0.2, -0.15) is 0 Å². The topological polar surface area (TPSA) is 9.23 Å². The first-order valence-electron chi connectivity index (χ1n) is 11.2. The van der Waals surface area contributed by atoms with E-state index in [-0.39, 0.29) is 0 Å². The van der Waals surface area contributed by atoms with Gasteiger partial charge in [0.05, 0.1) is 12.4 Å². The van der Waals surface area contributed by atoms with Gasteiger partial charge in [0, 0.05) is 6.42 Å². The zero-order valence-corrected chi connectivity index (χ0v) is 17.2. The van der Waals surface area contributed by atoms with E-state index in [2.05, 4.69) is 39.8 Å². The van der Waals surface area contributed by atoms with Crippen molar-refractivity contribution in [3.05, 3.63) is 34.6 Å². The molecule has 5 unspecified atom stereocenters. The molecule has 0 saturated heterocycles. The smallest absolute Gasteiger partial charge is 0.0962 e. The highest BCUT2D eigenvalue weighted by atomic mass is 16.5. The maximum Gasteiger partial charge on any atom is 0.0962 e. The van der Waals surface area contributed by atoms with Gasteiger partial charge in [-0.05, 0) is 105 Å². The molecule has 2 fully saturated rings. The van der Waals surface area contributed by atoms with Gasteiger partial charge in [-0.15, -0.1) is 0 Å². The van der Waals surface area contributed by atoms with E-state index in [0.717, 1.165) is 36.7 Å². The van der Waals surface area contributed by atoms with Crippen LogP contribution in [0, 0.1) is 34.5 Å². The fourth-order valence-corrected chi connectivity index (χ4v) is 7.39. The molecule has 0 aromatic heterocycles. The van der Waals surface area contributed by atoms with Crippen LogP contribution in [0.3, 0.4) is 0 Å². The van der Waals surface area contributed by atoms with Gasteiger partial charge >= 0.3 is 0 Å². The van der Waals surface area contributed by atoms with Gasteiger partial charge in [0.1, 0.15) is 0 Å². The number of allylic oxidation sites excluding steroid dienone is 6. The third kappa shape index (κ3) is 2.28. The van der Waals surface area contributed by atoms with E-state index >= 15 is 0 Å². The Kier molecular flexibility index (Phi) is 3.80. The zero-order valence-electron chi connectivity index (χ0n) is 17.2. The van der Waals surface area contributed by atoms with Crippen LogP contribution >= 0.6 is 0 Å². The highest BCUT2D eigenvalue weighted by molar-refractivity contribution is 5.43. The Hall–Kier alpha value is -0.980. The molecule has 0 radical (unpaired) electrons. The molecule has 5 aliphatic carbocycles. The van der Waals surface area contributed by atoms with E-state index in [1.54, 1.807) is 11.1 Å². The molecule has 1 heteroatoms. The monoisotopic (exact) mass is 352 g/mol. The van der Waals surface area contributed by atoms with Crippen LogP contribution < -0.4 is 0 Å². The third-order valence-corrected chi connectivity index (χ3v) is 9.24. The van der Waals surface area contributed by atoms with Gasteiger partial charge in [0.2, 0.25) is 0 Å². The quantitative estimate of drug-likeness (QED) is 0.507. The standard InChI is InChI=1S/C25H36O/c1-5-26-18-10-12-25(4)22-11-13-24(3)16(2)6-9-21(24)20(22)15-19(17-7-8-17)23(25)14-18/h6,14,17,20-22H,5,7-13,15H2,1-4H3. The Balaban J connectivity index is 1.57. The van der Waals surface area contributed by atoms with Crippen molar-refractivity contribution in [1.82, 2.24) is 0 Å². The Bertz CT molecular complexity index is 706. The molecule has 0 amide bonds. The summed E-state index contributed by atoms with van der Waals surface area (Å²) in [5.41, 5.74) is 6.15. The minimum absolute atomic E-state index is 0.402. The Morgan fingerprint density at radius 2 is 1.88 bits per heavy atom. The molecule has 5 atom stereocenters. The van der Waals surface area contributed by atoms with Gasteiger partial charge in [0.25, 0.3) is 0 Å². The number of fused-ring (bicyclic) bond motifs is 5. The van der Waals surface area contributed by atoms with Crippen LogP contribution in [0.25, 0.3) is 0 Å². The first-order chi connectivity index (χ1) is 12.5. The van der Waals surface area contributed by atoms with Crippen LogP contribution in [-0.2, 0) is 4.74 Å². The van der Waals surface area contributed by atoms with Gasteiger partial charge in [-0.25, -0.2) is 0 Å². The van der Waals surface area contributed by atoms with Crippen molar-refractivity contribution in [3.63, 3.8) is 0 Å². The summed E-state index contributed by atoms with van der Waals surface area (Å²) in [5, 5.41) is 0. The molecule has 0 aliphatic heterocycles.